The van der Waals surface area contributed by atoms with E-state index in [1.807, 2.05) is 30.3 Å². The molecule has 23 heavy (non-hydrogen) atoms. The molecule has 6 heteroatoms. The molecule has 2 aromatic rings. The molecular weight excluding hydrogens is 298 g/mol. The van der Waals surface area contributed by atoms with Crippen molar-refractivity contribution in [1.82, 2.24) is 4.73 Å². The molecule has 1 aromatic carbocycles. The molecular formula is C17H15NO5. The number of benzene rings is 1. The summed E-state index contributed by atoms with van der Waals surface area (Å²) in [5, 5.41) is 20.4. The molecule has 0 spiro atoms. The predicted octanol–water partition coefficient (Wildman–Crippen LogP) is 2.47. The van der Waals surface area contributed by atoms with Gasteiger partial charge in [-0.3, -0.25) is 0 Å². The van der Waals surface area contributed by atoms with Gasteiger partial charge in [-0.05, 0) is 24.5 Å². The molecule has 2 atom stereocenters. The van der Waals surface area contributed by atoms with E-state index < -0.39 is 5.97 Å². The molecule has 2 aliphatic rings. The third-order valence-corrected chi connectivity index (χ3v) is 4.21. The average molecular weight is 313 g/mol. The molecule has 0 saturated carbocycles. The van der Waals surface area contributed by atoms with Crippen molar-refractivity contribution in [3.8, 4) is 11.8 Å². The van der Waals surface area contributed by atoms with Crippen LogP contribution in [0.25, 0.3) is 6.08 Å². The number of aromatic hydroxyl groups is 2. The van der Waals surface area contributed by atoms with E-state index in [0.717, 1.165) is 23.1 Å². The lowest BCUT2D eigenvalue weighted by molar-refractivity contribution is -0.139. The quantitative estimate of drug-likeness (QED) is 0.851. The molecule has 1 saturated heterocycles. The first kappa shape index (κ1) is 13.9. The molecule has 1 fully saturated rings. The van der Waals surface area contributed by atoms with Crippen LogP contribution in [0.2, 0.25) is 0 Å². The van der Waals surface area contributed by atoms with Crippen LogP contribution in [-0.2, 0) is 9.53 Å². The number of hydrogen-bond acceptors (Lipinski definition) is 5. The number of fused-ring (bicyclic) bond motifs is 5. The third-order valence-electron chi connectivity index (χ3n) is 4.21. The monoisotopic (exact) mass is 313 g/mol. The van der Waals surface area contributed by atoms with Crippen LogP contribution in [0, 0.1) is 0 Å². The van der Waals surface area contributed by atoms with E-state index in [1.54, 1.807) is 6.08 Å². The van der Waals surface area contributed by atoms with Gasteiger partial charge in [-0.2, -0.15) is 0 Å². The Kier molecular flexibility index (Phi) is 3.12. The zero-order valence-corrected chi connectivity index (χ0v) is 12.2. The van der Waals surface area contributed by atoms with Crippen molar-refractivity contribution in [2.45, 2.75) is 25.0 Å². The zero-order chi connectivity index (χ0) is 16.0. The lowest BCUT2D eigenvalue weighted by Crippen LogP contribution is -2.17. The molecule has 6 nitrogen and oxygen atoms in total. The number of carbonyl (C=O) groups is 1. The normalized spacial score (nSPS) is 21.7. The number of carbonyl (C=O) groups excluding carboxylic acids is 1. The fourth-order valence-corrected chi connectivity index (χ4v) is 3.19. The minimum absolute atomic E-state index is 0.235. The van der Waals surface area contributed by atoms with E-state index in [1.165, 1.54) is 6.08 Å². The first-order valence-corrected chi connectivity index (χ1v) is 7.42. The van der Waals surface area contributed by atoms with Gasteiger partial charge in [0.15, 0.2) is 0 Å². The van der Waals surface area contributed by atoms with Crippen molar-refractivity contribution in [2.24, 2.45) is 0 Å². The number of rotatable bonds is 3. The standard InChI is InChI=1S/C17H15NO5/c19-13(9-6-10-4-2-1-3-5-10)23-18-16(20)14-11-7-8-12(22-11)15(14)17(18)21/h1-6,9,11-12,20-21H,7-8H2/t11-,12+. The van der Waals surface area contributed by atoms with E-state index in [4.69, 9.17) is 9.57 Å². The van der Waals surface area contributed by atoms with Gasteiger partial charge in [0.1, 0.15) is 0 Å². The Morgan fingerprint density at radius 2 is 1.74 bits per heavy atom. The Hall–Kier alpha value is -2.73. The lowest BCUT2D eigenvalue weighted by atomic mass is 9.95. The molecule has 4 rings (SSSR count). The number of nitrogens with zero attached hydrogens (tertiary/aromatic N) is 1. The minimum atomic E-state index is -0.693. The summed E-state index contributed by atoms with van der Waals surface area (Å²) in [6, 6.07) is 9.28. The van der Waals surface area contributed by atoms with Crippen LogP contribution in [0.3, 0.4) is 0 Å². The van der Waals surface area contributed by atoms with Gasteiger partial charge in [-0.15, -0.1) is 4.73 Å². The van der Waals surface area contributed by atoms with Crippen molar-refractivity contribution in [3.05, 3.63) is 53.1 Å². The topological polar surface area (TPSA) is 80.9 Å². The van der Waals surface area contributed by atoms with Gasteiger partial charge in [-0.25, -0.2) is 4.79 Å². The van der Waals surface area contributed by atoms with E-state index in [9.17, 15) is 15.0 Å². The van der Waals surface area contributed by atoms with E-state index in [-0.39, 0.29) is 24.0 Å². The van der Waals surface area contributed by atoms with Crippen molar-refractivity contribution < 1.29 is 24.6 Å². The summed E-state index contributed by atoms with van der Waals surface area (Å²) in [6.45, 7) is 0. The molecule has 0 amide bonds. The van der Waals surface area contributed by atoms with E-state index in [2.05, 4.69) is 0 Å². The number of hydrogen-bond donors (Lipinski definition) is 2. The SMILES string of the molecule is O=C(C=Cc1ccccc1)On1c(O)c2c(c1O)[C@H]1CC[C@@H]2O1. The molecule has 118 valence electrons. The molecule has 2 N–H and O–H groups in total. The van der Waals surface area contributed by atoms with Crippen LogP contribution in [0.4, 0.5) is 0 Å². The summed E-state index contributed by atoms with van der Waals surface area (Å²) in [5.74, 6) is -1.24. The van der Waals surface area contributed by atoms with Gasteiger partial charge in [0.25, 0.3) is 0 Å². The maximum Gasteiger partial charge on any atom is 0.356 e. The fourth-order valence-electron chi connectivity index (χ4n) is 3.19. The van der Waals surface area contributed by atoms with Crippen LogP contribution in [0.15, 0.2) is 36.4 Å². The second kappa shape index (κ2) is 5.17. The average Bonchev–Trinajstić information content (AvgIpc) is 3.24. The lowest BCUT2D eigenvalue weighted by Gasteiger charge is -2.08. The Bertz CT molecular complexity index is 760. The summed E-state index contributed by atoms with van der Waals surface area (Å²) in [5.41, 5.74) is 1.90. The Labute approximate surface area is 132 Å². The molecule has 2 aliphatic heterocycles. The van der Waals surface area contributed by atoms with Gasteiger partial charge >= 0.3 is 5.97 Å². The van der Waals surface area contributed by atoms with Crippen molar-refractivity contribution in [3.63, 3.8) is 0 Å². The second-order valence-electron chi connectivity index (χ2n) is 5.61. The highest BCUT2D eigenvalue weighted by molar-refractivity contribution is 5.87. The van der Waals surface area contributed by atoms with E-state index in [0.29, 0.717) is 11.1 Å². The summed E-state index contributed by atoms with van der Waals surface area (Å²) in [4.78, 5) is 17.0. The van der Waals surface area contributed by atoms with Crippen molar-refractivity contribution >= 4 is 12.0 Å². The zero-order valence-electron chi connectivity index (χ0n) is 12.2. The van der Waals surface area contributed by atoms with Gasteiger partial charge in [0.2, 0.25) is 11.8 Å². The highest BCUT2D eigenvalue weighted by Gasteiger charge is 2.46. The van der Waals surface area contributed by atoms with Crippen LogP contribution >= 0.6 is 0 Å². The highest BCUT2D eigenvalue weighted by Crippen LogP contribution is 2.57. The first-order chi connectivity index (χ1) is 11.1. The molecule has 0 radical (unpaired) electrons. The molecule has 3 heterocycles. The predicted molar refractivity (Wildman–Crippen MR) is 80.6 cm³/mol. The van der Waals surface area contributed by atoms with Gasteiger partial charge in [0, 0.05) is 6.08 Å². The number of ether oxygens (including phenoxy) is 1. The molecule has 2 bridgehead atoms. The Balaban J connectivity index is 1.56. The minimum Gasteiger partial charge on any atom is -0.492 e. The Morgan fingerprint density at radius 3 is 2.35 bits per heavy atom. The van der Waals surface area contributed by atoms with Gasteiger partial charge in [0.05, 0.1) is 23.3 Å². The summed E-state index contributed by atoms with van der Waals surface area (Å²) >= 11 is 0. The largest absolute Gasteiger partial charge is 0.492 e. The van der Waals surface area contributed by atoms with Crippen LogP contribution in [-0.4, -0.2) is 20.9 Å². The van der Waals surface area contributed by atoms with Gasteiger partial charge in [-0.1, -0.05) is 30.3 Å². The summed E-state index contributed by atoms with van der Waals surface area (Å²) in [7, 11) is 0. The summed E-state index contributed by atoms with van der Waals surface area (Å²) in [6.07, 6.45) is 3.94. The first-order valence-electron chi connectivity index (χ1n) is 7.42. The van der Waals surface area contributed by atoms with E-state index >= 15 is 0 Å². The maximum atomic E-state index is 11.9. The smallest absolute Gasteiger partial charge is 0.356 e. The highest BCUT2D eigenvalue weighted by atomic mass is 16.7. The van der Waals surface area contributed by atoms with Crippen LogP contribution in [0.1, 0.15) is 41.7 Å². The molecule has 0 unspecified atom stereocenters. The molecule has 1 aromatic heterocycles. The Morgan fingerprint density at radius 1 is 1.13 bits per heavy atom. The second-order valence-corrected chi connectivity index (χ2v) is 5.61. The van der Waals surface area contributed by atoms with Gasteiger partial charge < -0.3 is 19.8 Å². The maximum absolute atomic E-state index is 11.9. The summed E-state index contributed by atoms with van der Waals surface area (Å²) < 4.78 is 6.40. The van der Waals surface area contributed by atoms with Crippen molar-refractivity contribution in [1.29, 1.82) is 0 Å². The fraction of sp³-hybridized carbons (Fsp3) is 0.235. The van der Waals surface area contributed by atoms with Crippen LogP contribution in [0.5, 0.6) is 11.8 Å². The third kappa shape index (κ3) is 2.19. The van der Waals surface area contributed by atoms with Crippen LogP contribution < -0.4 is 4.84 Å². The van der Waals surface area contributed by atoms with Crippen molar-refractivity contribution in [2.75, 3.05) is 0 Å². The number of aromatic nitrogens is 1. The molecule has 0 aliphatic carbocycles.